The lowest BCUT2D eigenvalue weighted by atomic mass is 9.96. The summed E-state index contributed by atoms with van der Waals surface area (Å²) in [4.78, 5) is 39.5. The second-order valence-electron chi connectivity index (χ2n) is 6.60. The number of hydrogen-bond acceptors (Lipinski definition) is 4. The Kier molecular flexibility index (Phi) is 4.24. The van der Waals surface area contributed by atoms with Gasteiger partial charge < -0.3 is 15.5 Å². The number of benzene rings is 1. The Morgan fingerprint density at radius 3 is 2.92 bits per heavy atom. The van der Waals surface area contributed by atoms with Crippen LogP contribution in [-0.2, 0) is 27.3 Å². The molecule has 0 bridgehead atoms. The molecule has 2 aliphatic heterocycles. The molecule has 4 rings (SSSR count). The number of rotatable bonds is 3. The molecular weight excluding hydrogens is 350 g/mol. The molecular formula is C19H19N3O3S. The van der Waals surface area contributed by atoms with Crippen molar-refractivity contribution in [2.45, 2.75) is 32.2 Å². The topological polar surface area (TPSA) is 78.5 Å². The van der Waals surface area contributed by atoms with Crippen molar-refractivity contribution >= 4 is 40.4 Å². The van der Waals surface area contributed by atoms with E-state index in [0.717, 1.165) is 41.1 Å². The summed E-state index contributed by atoms with van der Waals surface area (Å²) in [5.74, 6) is -1.47. The summed E-state index contributed by atoms with van der Waals surface area (Å²) in [5, 5.41) is 7.21. The molecule has 3 amide bonds. The van der Waals surface area contributed by atoms with Gasteiger partial charge in [-0.1, -0.05) is 6.07 Å². The van der Waals surface area contributed by atoms with Gasteiger partial charge in [0.15, 0.2) is 0 Å². The van der Waals surface area contributed by atoms with Crippen LogP contribution in [-0.4, -0.2) is 24.3 Å². The summed E-state index contributed by atoms with van der Waals surface area (Å²) in [6.07, 6.45) is 1.77. The van der Waals surface area contributed by atoms with Gasteiger partial charge >= 0.3 is 11.8 Å². The van der Waals surface area contributed by atoms with Crippen molar-refractivity contribution in [1.82, 2.24) is 5.32 Å². The van der Waals surface area contributed by atoms with Crippen molar-refractivity contribution in [2.75, 3.05) is 16.8 Å². The lowest BCUT2D eigenvalue weighted by Crippen LogP contribution is -2.35. The Balaban J connectivity index is 1.50. The van der Waals surface area contributed by atoms with E-state index in [-0.39, 0.29) is 11.8 Å². The maximum atomic E-state index is 12.4. The maximum absolute atomic E-state index is 12.4. The van der Waals surface area contributed by atoms with Gasteiger partial charge in [0.05, 0.1) is 18.2 Å². The zero-order chi connectivity index (χ0) is 18.3. The zero-order valence-corrected chi connectivity index (χ0v) is 15.2. The van der Waals surface area contributed by atoms with Crippen molar-refractivity contribution in [2.24, 2.45) is 0 Å². The number of carbonyl (C=O) groups excluding carboxylic acids is 3. The van der Waals surface area contributed by atoms with E-state index in [0.29, 0.717) is 12.2 Å². The van der Waals surface area contributed by atoms with Crippen LogP contribution in [0, 0.1) is 0 Å². The number of nitrogens with one attached hydrogen (secondary N) is 2. The number of aryl methyl sites for hydroxylation is 1. The summed E-state index contributed by atoms with van der Waals surface area (Å²) in [6, 6.07) is 7.49. The summed E-state index contributed by atoms with van der Waals surface area (Å²) >= 11 is 1.52. The van der Waals surface area contributed by atoms with Crippen molar-refractivity contribution < 1.29 is 14.4 Å². The third kappa shape index (κ3) is 2.88. The van der Waals surface area contributed by atoms with Crippen LogP contribution >= 0.6 is 11.3 Å². The fourth-order valence-corrected chi connectivity index (χ4v) is 4.26. The van der Waals surface area contributed by atoms with Gasteiger partial charge in [-0.25, -0.2) is 0 Å². The third-order valence-electron chi connectivity index (χ3n) is 4.89. The van der Waals surface area contributed by atoms with Gasteiger partial charge in [0.1, 0.15) is 0 Å². The number of nitrogens with zero attached hydrogens (tertiary/aromatic N) is 1. The Morgan fingerprint density at radius 2 is 2.15 bits per heavy atom. The molecule has 26 heavy (non-hydrogen) atoms. The van der Waals surface area contributed by atoms with Gasteiger partial charge in [-0.05, 0) is 54.5 Å². The van der Waals surface area contributed by atoms with Gasteiger partial charge in [-0.3, -0.25) is 14.4 Å². The fraction of sp³-hybridized carbons (Fsp3) is 0.316. The fourth-order valence-electron chi connectivity index (χ4n) is 3.62. The standard InChI is InChI=1S/C19H19N3O3S/c1-11-15-9-13(8-12-4-2-6-22(16(12)15)19(11)25)21-18(24)17(23)20-10-14-5-3-7-26-14/h3,5,7-9,11H,2,4,6,10H2,1H3,(H,20,23)(H,21,24)/t11-/m1/s1. The smallest absolute Gasteiger partial charge is 0.313 e. The quantitative estimate of drug-likeness (QED) is 0.816. The summed E-state index contributed by atoms with van der Waals surface area (Å²) < 4.78 is 0. The minimum atomic E-state index is -0.696. The highest BCUT2D eigenvalue weighted by atomic mass is 32.1. The lowest BCUT2D eigenvalue weighted by Gasteiger charge is -2.26. The third-order valence-corrected chi connectivity index (χ3v) is 5.76. The highest BCUT2D eigenvalue weighted by molar-refractivity contribution is 7.09. The number of thiophene rings is 1. The van der Waals surface area contributed by atoms with Crippen LogP contribution in [0.5, 0.6) is 0 Å². The number of anilines is 2. The Hall–Kier alpha value is -2.67. The molecule has 7 heteroatoms. The average molecular weight is 369 g/mol. The van der Waals surface area contributed by atoms with E-state index >= 15 is 0 Å². The van der Waals surface area contributed by atoms with Gasteiger partial charge in [0.2, 0.25) is 5.91 Å². The molecule has 0 spiro atoms. The average Bonchev–Trinajstić information content (AvgIpc) is 3.24. The first-order valence-corrected chi connectivity index (χ1v) is 9.52. The first kappa shape index (κ1) is 16.8. The molecule has 0 saturated heterocycles. The predicted octanol–water partition coefficient (Wildman–Crippen LogP) is 2.40. The van der Waals surface area contributed by atoms with E-state index in [2.05, 4.69) is 10.6 Å². The van der Waals surface area contributed by atoms with E-state index in [1.807, 2.05) is 41.5 Å². The highest BCUT2D eigenvalue weighted by Gasteiger charge is 2.38. The maximum Gasteiger partial charge on any atom is 0.313 e. The summed E-state index contributed by atoms with van der Waals surface area (Å²) in [5.41, 5.74) is 3.55. The van der Waals surface area contributed by atoms with Crippen LogP contribution in [0.15, 0.2) is 29.6 Å². The highest BCUT2D eigenvalue weighted by Crippen LogP contribution is 2.44. The molecule has 2 aliphatic rings. The first-order valence-electron chi connectivity index (χ1n) is 8.64. The summed E-state index contributed by atoms with van der Waals surface area (Å²) in [7, 11) is 0. The Bertz CT molecular complexity index is 892. The molecule has 0 saturated carbocycles. The van der Waals surface area contributed by atoms with Crippen molar-refractivity contribution in [1.29, 1.82) is 0 Å². The molecule has 0 radical (unpaired) electrons. The van der Waals surface area contributed by atoms with Crippen molar-refractivity contribution in [3.8, 4) is 0 Å². The van der Waals surface area contributed by atoms with Gasteiger partial charge in [0, 0.05) is 17.1 Å². The molecule has 0 unspecified atom stereocenters. The van der Waals surface area contributed by atoms with Crippen LogP contribution in [0.25, 0.3) is 0 Å². The van der Waals surface area contributed by atoms with E-state index in [4.69, 9.17) is 0 Å². The monoisotopic (exact) mass is 369 g/mol. The van der Waals surface area contributed by atoms with Crippen LogP contribution < -0.4 is 15.5 Å². The van der Waals surface area contributed by atoms with Crippen molar-refractivity contribution in [3.05, 3.63) is 45.6 Å². The van der Waals surface area contributed by atoms with E-state index in [1.54, 1.807) is 0 Å². The van der Waals surface area contributed by atoms with Crippen LogP contribution in [0.4, 0.5) is 11.4 Å². The molecule has 1 atom stereocenters. The molecule has 1 aromatic carbocycles. The predicted molar refractivity (Wildman–Crippen MR) is 100 cm³/mol. The lowest BCUT2D eigenvalue weighted by molar-refractivity contribution is -0.136. The molecule has 0 aliphatic carbocycles. The van der Waals surface area contributed by atoms with Gasteiger partial charge in [-0.2, -0.15) is 0 Å². The van der Waals surface area contributed by atoms with Gasteiger partial charge in [0.25, 0.3) is 0 Å². The molecule has 134 valence electrons. The van der Waals surface area contributed by atoms with Crippen molar-refractivity contribution in [3.63, 3.8) is 0 Å². The largest absolute Gasteiger partial charge is 0.343 e. The minimum absolute atomic E-state index is 0.109. The second-order valence-corrected chi connectivity index (χ2v) is 7.64. The van der Waals surface area contributed by atoms with Crippen LogP contribution in [0.1, 0.15) is 35.3 Å². The molecule has 2 aromatic rings. The number of amides is 3. The van der Waals surface area contributed by atoms with E-state index in [1.165, 1.54) is 11.3 Å². The van der Waals surface area contributed by atoms with E-state index in [9.17, 15) is 14.4 Å². The second kappa shape index (κ2) is 6.57. The van der Waals surface area contributed by atoms with E-state index < -0.39 is 11.8 Å². The SMILES string of the molecule is C[C@H]1C(=O)N2CCCc3cc(NC(=O)C(=O)NCc4cccs4)cc1c32. The molecule has 0 fully saturated rings. The normalized spacial score (nSPS) is 17.8. The molecule has 6 nitrogen and oxygen atoms in total. The minimum Gasteiger partial charge on any atom is -0.343 e. The molecule has 2 N–H and O–H groups in total. The number of carbonyl (C=O) groups is 3. The zero-order valence-electron chi connectivity index (χ0n) is 14.4. The van der Waals surface area contributed by atoms with Crippen LogP contribution in [0.3, 0.4) is 0 Å². The molecule has 1 aromatic heterocycles. The summed E-state index contributed by atoms with van der Waals surface area (Å²) in [6.45, 7) is 2.97. The Labute approximate surface area is 155 Å². The molecule has 3 heterocycles. The van der Waals surface area contributed by atoms with Gasteiger partial charge in [-0.15, -0.1) is 11.3 Å². The van der Waals surface area contributed by atoms with Crippen LogP contribution in [0.2, 0.25) is 0 Å². The number of hydrogen-bond donors (Lipinski definition) is 2. The Morgan fingerprint density at radius 1 is 1.31 bits per heavy atom. The first-order chi connectivity index (χ1) is 12.5.